The molecule has 1 aliphatic rings. The molecule has 3 rings (SSSR count). The fraction of sp³-hybridized carbons (Fsp3) is 0.500. The van der Waals surface area contributed by atoms with Crippen molar-refractivity contribution in [3.63, 3.8) is 0 Å². The maximum atomic E-state index is 12.4. The van der Waals surface area contributed by atoms with Gasteiger partial charge in [0.15, 0.2) is 4.77 Å². The van der Waals surface area contributed by atoms with Crippen LogP contribution in [0.4, 0.5) is 0 Å². The number of quaternary nitrogens is 1. The number of rotatable bonds is 4. The molecule has 0 aromatic carbocycles. The summed E-state index contributed by atoms with van der Waals surface area (Å²) < 4.78 is 2.13. The Labute approximate surface area is 122 Å². The molecule has 5 nitrogen and oxygen atoms in total. The van der Waals surface area contributed by atoms with Crippen molar-refractivity contribution >= 4 is 23.3 Å². The fourth-order valence-electron chi connectivity index (χ4n) is 2.90. The Hall–Kier alpha value is -1.53. The number of H-pyrrole nitrogens is 1. The second-order valence-corrected chi connectivity index (χ2v) is 5.73. The zero-order chi connectivity index (χ0) is 13.9. The lowest BCUT2D eigenvalue weighted by Gasteiger charge is -2.12. The molecule has 0 aliphatic carbocycles. The van der Waals surface area contributed by atoms with Crippen LogP contribution in [-0.4, -0.2) is 34.2 Å². The summed E-state index contributed by atoms with van der Waals surface area (Å²) >= 11 is 5.28. The fourth-order valence-corrected chi connectivity index (χ4v) is 3.17. The van der Waals surface area contributed by atoms with Crippen LogP contribution >= 0.6 is 12.2 Å². The summed E-state index contributed by atoms with van der Waals surface area (Å²) in [5, 5.41) is 0.606. The number of nitrogens with zero attached hydrogens (tertiary/aromatic N) is 2. The van der Waals surface area contributed by atoms with Crippen LogP contribution < -0.4 is 10.5 Å². The van der Waals surface area contributed by atoms with Crippen molar-refractivity contribution in [3.05, 3.63) is 33.5 Å². The maximum Gasteiger partial charge on any atom is 0.263 e. The van der Waals surface area contributed by atoms with Gasteiger partial charge in [-0.15, -0.1) is 0 Å². The van der Waals surface area contributed by atoms with Crippen LogP contribution in [0.25, 0.3) is 11.0 Å². The third-order valence-corrected chi connectivity index (χ3v) is 4.30. The van der Waals surface area contributed by atoms with Crippen molar-refractivity contribution in [1.29, 1.82) is 0 Å². The normalized spacial score (nSPS) is 16.0. The molecule has 0 saturated carbocycles. The molecule has 6 heteroatoms. The van der Waals surface area contributed by atoms with Crippen LogP contribution in [0.1, 0.15) is 19.3 Å². The SMILES string of the molecule is O=c1c2cccnc2[nH]c(=S)n1CCC[NH+]1CCCC1. The molecule has 2 N–H and O–H groups in total. The van der Waals surface area contributed by atoms with Gasteiger partial charge in [0.1, 0.15) is 5.65 Å². The summed E-state index contributed by atoms with van der Waals surface area (Å²) in [7, 11) is 0. The van der Waals surface area contributed by atoms with E-state index >= 15 is 0 Å². The van der Waals surface area contributed by atoms with E-state index in [0.29, 0.717) is 22.3 Å². The number of likely N-dealkylation sites (tertiary alicyclic amines) is 1. The molecular formula is C14H19N4OS+. The Balaban J connectivity index is 1.80. The number of hydrogen-bond acceptors (Lipinski definition) is 3. The Morgan fingerprint density at radius 1 is 1.40 bits per heavy atom. The molecule has 106 valence electrons. The summed E-state index contributed by atoms with van der Waals surface area (Å²) in [4.78, 5) is 21.2. The Bertz CT molecular complexity index is 715. The minimum absolute atomic E-state index is 0.0340. The Morgan fingerprint density at radius 2 is 2.20 bits per heavy atom. The van der Waals surface area contributed by atoms with Crippen LogP contribution in [0.5, 0.6) is 0 Å². The van der Waals surface area contributed by atoms with E-state index in [0.717, 1.165) is 13.0 Å². The van der Waals surface area contributed by atoms with E-state index in [9.17, 15) is 4.79 Å². The number of aromatic nitrogens is 3. The van der Waals surface area contributed by atoms with Gasteiger partial charge in [0.25, 0.3) is 5.56 Å². The molecule has 0 spiro atoms. The largest absolute Gasteiger partial charge is 0.335 e. The molecule has 1 fully saturated rings. The summed E-state index contributed by atoms with van der Waals surface area (Å²) in [6.07, 6.45) is 5.31. The molecular weight excluding hydrogens is 272 g/mol. The van der Waals surface area contributed by atoms with Gasteiger partial charge in [0.05, 0.1) is 25.0 Å². The number of fused-ring (bicyclic) bond motifs is 1. The van der Waals surface area contributed by atoms with Crippen molar-refractivity contribution in [1.82, 2.24) is 14.5 Å². The smallest absolute Gasteiger partial charge is 0.263 e. The van der Waals surface area contributed by atoms with E-state index in [1.807, 2.05) is 0 Å². The predicted octanol–water partition coefficient (Wildman–Crippen LogP) is 0.523. The quantitative estimate of drug-likeness (QED) is 0.808. The van der Waals surface area contributed by atoms with Gasteiger partial charge in [-0.2, -0.15) is 0 Å². The Kier molecular flexibility index (Phi) is 3.93. The highest BCUT2D eigenvalue weighted by atomic mass is 32.1. The average molecular weight is 291 g/mol. The van der Waals surface area contributed by atoms with Crippen molar-refractivity contribution in [2.75, 3.05) is 19.6 Å². The number of hydrogen-bond donors (Lipinski definition) is 2. The van der Waals surface area contributed by atoms with Gasteiger partial charge >= 0.3 is 0 Å². The third kappa shape index (κ3) is 2.66. The number of aromatic amines is 1. The second kappa shape index (κ2) is 5.85. The highest BCUT2D eigenvalue weighted by Gasteiger charge is 2.14. The topological polar surface area (TPSA) is 55.1 Å². The van der Waals surface area contributed by atoms with Gasteiger partial charge in [-0.3, -0.25) is 9.36 Å². The van der Waals surface area contributed by atoms with Crippen LogP contribution in [0.15, 0.2) is 23.1 Å². The van der Waals surface area contributed by atoms with Crippen LogP contribution in [0.3, 0.4) is 0 Å². The zero-order valence-corrected chi connectivity index (χ0v) is 12.2. The van der Waals surface area contributed by atoms with E-state index in [1.165, 1.54) is 25.9 Å². The van der Waals surface area contributed by atoms with Crippen LogP contribution in [-0.2, 0) is 6.54 Å². The minimum Gasteiger partial charge on any atom is -0.335 e. The first-order valence-electron chi connectivity index (χ1n) is 7.17. The van der Waals surface area contributed by atoms with E-state index in [-0.39, 0.29) is 5.56 Å². The molecule has 3 heterocycles. The molecule has 0 unspecified atom stereocenters. The monoisotopic (exact) mass is 291 g/mol. The average Bonchev–Trinajstić information content (AvgIpc) is 2.96. The highest BCUT2D eigenvalue weighted by Crippen LogP contribution is 2.02. The van der Waals surface area contributed by atoms with Gasteiger partial charge < -0.3 is 9.88 Å². The number of pyridine rings is 1. The summed E-state index contributed by atoms with van der Waals surface area (Å²) in [5.74, 6) is 0. The van der Waals surface area contributed by atoms with Crippen molar-refractivity contribution in [2.45, 2.75) is 25.8 Å². The van der Waals surface area contributed by atoms with Crippen LogP contribution in [0, 0.1) is 4.77 Å². The summed E-state index contributed by atoms with van der Waals surface area (Å²) in [6, 6.07) is 3.57. The highest BCUT2D eigenvalue weighted by molar-refractivity contribution is 7.71. The Morgan fingerprint density at radius 3 is 3.00 bits per heavy atom. The molecule has 1 saturated heterocycles. The molecule has 0 radical (unpaired) electrons. The lowest BCUT2D eigenvalue weighted by atomic mass is 10.3. The lowest BCUT2D eigenvalue weighted by molar-refractivity contribution is -0.887. The van der Waals surface area contributed by atoms with Crippen LogP contribution in [0.2, 0.25) is 0 Å². The first-order chi connectivity index (χ1) is 9.75. The number of nitrogens with one attached hydrogen (secondary N) is 2. The van der Waals surface area contributed by atoms with Crippen molar-refractivity contribution < 1.29 is 4.90 Å². The van der Waals surface area contributed by atoms with E-state index in [4.69, 9.17) is 12.2 Å². The minimum atomic E-state index is -0.0340. The van der Waals surface area contributed by atoms with E-state index in [1.54, 1.807) is 27.8 Å². The maximum absolute atomic E-state index is 12.4. The van der Waals surface area contributed by atoms with Gasteiger partial charge in [0, 0.05) is 32.0 Å². The van der Waals surface area contributed by atoms with Gasteiger partial charge in [0.2, 0.25) is 0 Å². The van der Waals surface area contributed by atoms with Gasteiger partial charge in [-0.25, -0.2) is 4.98 Å². The van der Waals surface area contributed by atoms with Gasteiger partial charge in [-0.1, -0.05) is 0 Å². The first kappa shape index (κ1) is 13.5. The molecule has 2 aromatic rings. The third-order valence-electron chi connectivity index (χ3n) is 3.98. The summed E-state index contributed by atoms with van der Waals surface area (Å²) in [5.41, 5.74) is 0.539. The van der Waals surface area contributed by atoms with Crippen molar-refractivity contribution in [2.24, 2.45) is 0 Å². The van der Waals surface area contributed by atoms with E-state index in [2.05, 4.69) is 9.97 Å². The predicted molar refractivity (Wildman–Crippen MR) is 80.6 cm³/mol. The summed E-state index contributed by atoms with van der Waals surface area (Å²) in [6.45, 7) is 4.33. The first-order valence-corrected chi connectivity index (χ1v) is 7.58. The van der Waals surface area contributed by atoms with E-state index < -0.39 is 0 Å². The second-order valence-electron chi connectivity index (χ2n) is 5.35. The standard InChI is InChI=1S/C14H18N4OS/c19-13-11-5-3-6-15-12(11)16-14(20)18(13)10-4-9-17-7-1-2-8-17/h3,5-6H,1-2,4,7-10H2,(H,15,16,20)/p+1. The molecule has 20 heavy (non-hydrogen) atoms. The molecule has 1 aliphatic heterocycles. The van der Waals surface area contributed by atoms with Crippen molar-refractivity contribution in [3.8, 4) is 0 Å². The lowest BCUT2D eigenvalue weighted by Crippen LogP contribution is -3.10. The zero-order valence-electron chi connectivity index (χ0n) is 11.4. The molecule has 2 aromatic heterocycles. The molecule has 0 bridgehead atoms. The van der Waals surface area contributed by atoms with Gasteiger partial charge in [-0.05, 0) is 24.4 Å². The molecule has 0 amide bonds. The molecule has 0 atom stereocenters.